The SMILES string of the molecule is COc1ccc(SCC2CCCN2)cc1C. The van der Waals surface area contributed by atoms with Gasteiger partial charge in [-0.15, -0.1) is 11.8 Å². The molecule has 1 aliphatic rings. The van der Waals surface area contributed by atoms with E-state index in [4.69, 9.17) is 4.74 Å². The van der Waals surface area contributed by atoms with Crippen LogP contribution in [0.4, 0.5) is 0 Å². The maximum Gasteiger partial charge on any atom is 0.121 e. The first-order valence-corrected chi connectivity index (χ1v) is 6.79. The second-order valence-electron chi connectivity index (χ2n) is 4.24. The Hall–Kier alpha value is -0.670. The Morgan fingerprint density at radius 2 is 2.38 bits per heavy atom. The van der Waals surface area contributed by atoms with Crippen LogP contribution >= 0.6 is 11.8 Å². The number of methoxy groups -OCH3 is 1. The normalized spacial score (nSPS) is 20.0. The average Bonchev–Trinajstić information content (AvgIpc) is 2.79. The number of aryl methyl sites for hydroxylation is 1. The Bertz CT molecular complexity index is 348. The van der Waals surface area contributed by atoms with Gasteiger partial charge < -0.3 is 10.1 Å². The summed E-state index contributed by atoms with van der Waals surface area (Å²) in [6, 6.07) is 7.11. The first-order chi connectivity index (χ1) is 7.79. The van der Waals surface area contributed by atoms with Gasteiger partial charge in [0.1, 0.15) is 5.75 Å². The molecule has 1 atom stereocenters. The highest BCUT2D eigenvalue weighted by molar-refractivity contribution is 7.99. The maximum absolute atomic E-state index is 5.26. The second kappa shape index (κ2) is 5.60. The Balaban J connectivity index is 1.91. The fourth-order valence-corrected chi connectivity index (χ4v) is 3.14. The second-order valence-corrected chi connectivity index (χ2v) is 5.33. The molecule has 0 bridgehead atoms. The largest absolute Gasteiger partial charge is 0.496 e. The van der Waals surface area contributed by atoms with Crippen LogP contribution in [0.15, 0.2) is 23.1 Å². The molecule has 0 saturated carbocycles. The monoisotopic (exact) mass is 237 g/mol. The fraction of sp³-hybridized carbons (Fsp3) is 0.538. The molecule has 1 aromatic rings. The highest BCUT2D eigenvalue weighted by Crippen LogP contribution is 2.26. The van der Waals surface area contributed by atoms with Gasteiger partial charge in [-0.2, -0.15) is 0 Å². The van der Waals surface area contributed by atoms with E-state index in [1.165, 1.54) is 35.6 Å². The molecule has 0 aliphatic carbocycles. The number of nitrogens with one attached hydrogen (secondary N) is 1. The van der Waals surface area contributed by atoms with Crippen LogP contribution in [0.2, 0.25) is 0 Å². The molecule has 16 heavy (non-hydrogen) atoms. The molecule has 88 valence electrons. The summed E-state index contributed by atoms with van der Waals surface area (Å²) in [5, 5.41) is 3.52. The zero-order chi connectivity index (χ0) is 11.4. The van der Waals surface area contributed by atoms with Crippen LogP contribution in [0.25, 0.3) is 0 Å². The highest BCUT2D eigenvalue weighted by atomic mass is 32.2. The van der Waals surface area contributed by atoms with E-state index in [1.807, 2.05) is 11.8 Å². The molecule has 1 aromatic carbocycles. The summed E-state index contributed by atoms with van der Waals surface area (Å²) >= 11 is 1.93. The molecule has 0 aromatic heterocycles. The molecule has 0 spiro atoms. The van der Waals surface area contributed by atoms with Gasteiger partial charge in [0.25, 0.3) is 0 Å². The molecule has 0 radical (unpaired) electrons. The standard InChI is InChI=1S/C13H19NOS/c1-10-8-12(5-6-13(10)15-2)16-9-11-4-3-7-14-11/h5-6,8,11,14H,3-4,7,9H2,1-2H3. The van der Waals surface area contributed by atoms with E-state index >= 15 is 0 Å². The molecule has 1 aliphatic heterocycles. The van der Waals surface area contributed by atoms with Crippen molar-refractivity contribution in [2.24, 2.45) is 0 Å². The third-order valence-corrected chi connectivity index (χ3v) is 4.14. The zero-order valence-corrected chi connectivity index (χ0v) is 10.8. The minimum Gasteiger partial charge on any atom is -0.496 e. The van der Waals surface area contributed by atoms with Gasteiger partial charge >= 0.3 is 0 Å². The molecule has 1 heterocycles. The smallest absolute Gasteiger partial charge is 0.121 e. The number of hydrogen-bond acceptors (Lipinski definition) is 3. The third kappa shape index (κ3) is 2.92. The van der Waals surface area contributed by atoms with E-state index in [2.05, 4.69) is 30.4 Å². The molecular formula is C13H19NOS. The molecule has 2 nitrogen and oxygen atoms in total. The lowest BCUT2D eigenvalue weighted by molar-refractivity contribution is 0.411. The van der Waals surface area contributed by atoms with Crippen LogP contribution in [-0.2, 0) is 0 Å². The molecule has 1 fully saturated rings. The van der Waals surface area contributed by atoms with E-state index < -0.39 is 0 Å². The van der Waals surface area contributed by atoms with E-state index in [1.54, 1.807) is 7.11 Å². The van der Waals surface area contributed by atoms with Gasteiger partial charge in [-0.25, -0.2) is 0 Å². The van der Waals surface area contributed by atoms with Gasteiger partial charge in [-0.3, -0.25) is 0 Å². The van der Waals surface area contributed by atoms with Crippen molar-refractivity contribution < 1.29 is 4.74 Å². The van der Waals surface area contributed by atoms with Gasteiger partial charge in [0.05, 0.1) is 7.11 Å². The summed E-state index contributed by atoms with van der Waals surface area (Å²) in [6.45, 7) is 3.28. The summed E-state index contributed by atoms with van der Waals surface area (Å²) < 4.78 is 5.26. The maximum atomic E-state index is 5.26. The number of benzene rings is 1. The summed E-state index contributed by atoms with van der Waals surface area (Å²) in [5.41, 5.74) is 1.21. The Kier molecular flexibility index (Phi) is 4.13. The molecule has 1 unspecified atom stereocenters. The number of thioether (sulfide) groups is 1. The van der Waals surface area contributed by atoms with Crippen LogP contribution in [0.3, 0.4) is 0 Å². The minimum atomic E-state index is 0.701. The first kappa shape index (κ1) is 11.8. The third-order valence-electron chi connectivity index (χ3n) is 2.98. The molecular weight excluding hydrogens is 218 g/mol. The lowest BCUT2D eigenvalue weighted by Crippen LogP contribution is -2.23. The van der Waals surface area contributed by atoms with Crippen molar-refractivity contribution in [1.29, 1.82) is 0 Å². The Labute approximate surface area is 102 Å². The number of rotatable bonds is 4. The highest BCUT2D eigenvalue weighted by Gasteiger charge is 2.13. The lowest BCUT2D eigenvalue weighted by atomic mass is 10.2. The Morgan fingerprint density at radius 1 is 1.50 bits per heavy atom. The van der Waals surface area contributed by atoms with E-state index in [0.717, 1.165) is 5.75 Å². The summed E-state index contributed by atoms with van der Waals surface area (Å²) in [7, 11) is 1.72. The quantitative estimate of drug-likeness (QED) is 0.814. The minimum absolute atomic E-state index is 0.701. The van der Waals surface area contributed by atoms with Crippen molar-refractivity contribution in [2.75, 3.05) is 19.4 Å². The van der Waals surface area contributed by atoms with Crippen LogP contribution in [0.5, 0.6) is 5.75 Å². The van der Waals surface area contributed by atoms with Crippen LogP contribution < -0.4 is 10.1 Å². The number of ether oxygens (including phenoxy) is 1. The molecule has 1 saturated heterocycles. The van der Waals surface area contributed by atoms with Crippen LogP contribution in [0.1, 0.15) is 18.4 Å². The number of hydrogen-bond donors (Lipinski definition) is 1. The van der Waals surface area contributed by atoms with Crippen LogP contribution in [-0.4, -0.2) is 25.4 Å². The van der Waals surface area contributed by atoms with Gasteiger partial charge in [-0.05, 0) is 50.1 Å². The Morgan fingerprint density at radius 3 is 3.00 bits per heavy atom. The predicted molar refractivity (Wildman–Crippen MR) is 69.5 cm³/mol. The van der Waals surface area contributed by atoms with Crippen molar-refractivity contribution in [3.8, 4) is 5.75 Å². The van der Waals surface area contributed by atoms with Crippen molar-refractivity contribution >= 4 is 11.8 Å². The van der Waals surface area contributed by atoms with E-state index in [0.29, 0.717) is 6.04 Å². The summed E-state index contributed by atoms with van der Waals surface area (Å²) in [4.78, 5) is 1.34. The van der Waals surface area contributed by atoms with Gasteiger partial charge in [-0.1, -0.05) is 0 Å². The van der Waals surface area contributed by atoms with E-state index in [9.17, 15) is 0 Å². The molecule has 0 amide bonds. The zero-order valence-electron chi connectivity index (χ0n) is 9.95. The summed E-state index contributed by atoms with van der Waals surface area (Å²) in [5.74, 6) is 2.15. The van der Waals surface area contributed by atoms with Gasteiger partial charge in [0.15, 0.2) is 0 Å². The van der Waals surface area contributed by atoms with Gasteiger partial charge in [0.2, 0.25) is 0 Å². The van der Waals surface area contributed by atoms with Crippen LogP contribution in [0, 0.1) is 6.92 Å². The molecule has 2 rings (SSSR count). The summed E-state index contributed by atoms with van der Waals surface area (Å²) in [6.07, 6.45) is 2.65. The van der Waals surface area contributed by atoms with Crippen molar-refractivity contribution in [1.82, 2.24) is 5.32 Å². The van der Waals surface area contributed by atoms with E-state index in [-0.39, 0.29) is 0 Å². The average molecular weight is 237 g/mol. The van der Waals surface area contributed by atoms with Crippen molar-refractivity contribution in [2.45, 2.75) is 30.7 Å². The molecule has 3 heteroatoms. The van der Waals surface area contributed by atoms with Crippen molar-refractivity contribution in [3.63, 3.8) is 0 Å². The lowest BCUT2D eigenvalue weighted by Gasteiger charge is -2.11. The predicted octanol–water partition coefficient (Wildman–Crippen LogP) is 2.85. The molecule has 1 N–H and O–H groups in total. The fourth-order valence-electron chi connectivity index (χ4n) is 2.04. The van der Waals surface area contributed by atoms with Gasteiger partial charge in [0, 0.05) is 16.7 Å². The first-order valence-electron chi connectivity index (χ1n) is 5.80. The topological polar surface area (TPSA) is 21.3 Å². The van der Waals surface area contributed by atoms with Crippen molar-refractivity contribution in [3.05, 3.63) is 23.8 Å².